The number of para-hydroxylation sites is 2. The Balaban J connectivity index is 1.36. The molecule has 0 N–H and O–H groups in total. The van der Waals surface area contributed by atoms with Gasteiger partial charge in [0.15, 0.2) is 0 Å². The number of rotatable bonds is 6. The number of methoxy groups -OCH3 is 1. The fourth-order valence-corrected chi connectivity index (χ4v) is 4.24. The van der Waals surface area contributed by atoms with Crippen LogP contribution in [0.15, 0.2) is 30.3 Å². The lowest BCUT2D eigenvalue weighted by Crippen LogP contribution is -2.48. The summed E-state index contributed by atoms with van der Waals surface area (Å²) < 4.78 is 11.4. The van der Waals surface area contributed by atoms with E-state index in [1.165, 1.54) is 0 Å². The lowest BCUT2D eigenvalue weighted by Gasteiger charge is -2.33. The molecule has 0 bridgehead atoms. The van der Waals surface area contributed by atoms with E-state index in [1.807, 2.05) is 44.2 Å². The van der Waals surface area contributed by atoms with E-state index in [1.54, 1.807) is 21.8 Å². The Morgan fingerprint density at radius 2 is 1.97 bits per heavy atom. The zero-order valence-corrected chi connectivity index (χ0v) is 18.8. The zero-order valence-electron chi connectivity index (χ0n) is 18.8. The SMILES string of the molecule is COc1ccccc1N1CCN(CC(=O)N2CCC[C@@H](Oc3cc(C)nc(C)n3)C2)C1=O. The van der Waals surface area contributed by atoms with Crippen LogP contribution in [0.4, 0.5) is 10.5 Å². The fourth-order valence-electron chi connectivity index (χ4n) is 4.24. The molecule has 0 unspecified atom stereocenters. The van der Waals surface area contributed by atoms with Gasteiger partial charge in [0.05, 0.1) is 19.3 Å². The van der Waals surface area contributed by atoms with E-state index >= 15 is 0 Å². The Kier molecular flexibility index (Phi) is 6.43. The highest BCUT2D eigenvalue weighted by atomic mass is 16.5. The summed E-state index contributed by atoms with van der Waals surface area (Å²) in [5, 5.41) is 0. The van der Waals surface area contributed by atoms with Gasteiger partial charge in [-0.2, -0.15) is 4.98 Å². The highest BCUT2D eigenvalue weighted by molar-refractivity contribution is 5.97. The first-order valence-corrected chi connectivity index (χ1v) is 10.9. The molecule has 3 amide bonds. The van der Waals surface area contributed by atoms with Gasteiger partial charge in [0, 0.05) is 31.4 Å². The van der Waals surface area contributed by atoms with Gasteiger partial charge in [0.2, 0.25) is 11.8 Å². The molecule has 1 aromatic carbocycles. The molecule has 2 aliphatic rings. The molecule has 9 heteroatoms. The number of anilines is 1. The predicted octanol–water partition coefficient (Wildman–Crippen LogP) is 2.41. The second-order valence-electron chi connectivity index (χ2n) is 8.14. The number of nitrogens with zero attached hydrogens (tertiary/aromatic N) is 5. The molecule has 2 fully saturated rings. The Bertz CT molecular complexity index is 978. The van der Waals surface area contributed by atoms with Crippen molar-refractivity contribution in [1.29, 1.82) is 0 Å². The molecule has 4 rings (SSSR count). The summed E-state index contributed by atoms with van der Waals surface area (Å²) in [7, 11) is 1.58. The normalized spacial score (nSPS) is 18.8. The van der Waals surface area contributed by atoms with E-state index in [4.69, 9.17) is 9.47 Å². The number of urea groups is 1. The summed E-state index contributed by atoms with van der Waals surface area (Å²) >= 11 is 0. The summed E-state index contributed by atoms with van der Waals surface area (Å²) in [6, 6.07) is 9.04. The topological polar surface area (TPSA) is 88.1 Å². The number of piperidine rings is 1. The number of likely N-dealkylation sites (tertiary alicyclic amines) is 1. The quantitative estimate of drug-likeness (QED) is 0.687. The first-order chi connectivity index (χ1) is 15.4. The number of aryl methyl sites for hydroxylation is 2. The van der Waals surface area contributed by atoms with E-state index in [0.717, 1.165) is 24.2 Å². The van der Waals surface area contributed by atoms with Crippen LogP contribution in [0.2, 0.25) is 0 Å². The minimum Gasteiger partial charge on any atom is -0.495 e. The molecular formula is C23H29N5O4. The first-order valence-electron chi connectivity index (χ1n) is 10.9. The van der Waals surface area contributed by atoms with E-state index in [9.17, 15) is 9.59 Å². The third-order valence-electron chi connectivity index (χ3n) is 5.76. The molecule has 2 aromatic rings. The van der Waals surface area contributed by atoms with Gasteiger partial charge in [-0.05, 0) is 38.8 Å². The maximum absolute atomic E-state index is 13.0. The summed E-state index contributed by atoms with van der Waals surface area (Å²) in [6.45, 7) is 5.96. The summed E-state index contributed by atoms with van der Waals surface area (Å²) in [4.78, 5) is 39.6. The number of benzene rings is 1. The predicted molar refractivity (Wildman–Crippen MR) is 119 cm³/mol. The molecule has 3 heterocycles. The molecule has 0 spiro atoms. The van der Waals surface area contributed by atoms with Crippen LogP contribution in [0.25, 0.3) is 0 Å². The van der Waals surface area contributed by atoms with Crippen molar-refractivity contribution in [3.63, 3.8) is 0 Å². The van der Waals surface area contributed by atoms with Crippen LogP contribution in [0.3, 0.4) is 0 Å². The molecule has 0 aliphatic carbocycles. The van der Waals surface area contributed by atoms with Crippen molar-refractivity contribution < 1.29 is 19.1 Å². The van der Waals surface area contributed by atoms with Gasteiger partial charge in [0.25, 0.3) is 0 Å². The van der Waals surface area contributed by atoms with Gasteiger partial charge in [-0.1, -0.05) is 12.1 Å². The smallest absolute Gasteiger partial charge is 0.325 e. The summed E-state index contributed by atoms with van der Waals surface area (Å²) in [5.74, 6) is 1.77. The lowest BCUT2D eigenvalue weighted by molar-refractivity contribution is -0.134. The van der Waals surface area contributed by atoms with Gasteiger partial charge in [-0.25, -0.2) is 9.78 Å². The lowest BCUT2D eigenvalue weighted by atomic mass is 10.1. The average Bonchev–Trinajstić information content (AvgIpc) is 3.13. The third kappa shape index (κ3) is 4.76. The summed E-state index contributed by atoms with van der Waals surface area (Å²) in [6.07, 6.45) is 1.58. The van der Waals surface area contributed by atoms with Gasteiger partial charge < -0.3 is 19.3 Å². The van der Waals surface area contributed by atoms with Crippen molar-refractivity contribution in [3.8, 4) is 11.6 Å². The van der Waals surface area contributed by atoms with Crippen LogP contribution in [0, 0.1) is 13.8 Å². The van der Waals surface area contributed by atoms with Crippen molar-refractivity contribution in [1.82, 2.24) is 19.8 Å². The van der Waals surface area contributed by atoms with E-state index < -0.39 is 0 Å². The number of carbonyl (C=O) groups excluding carboxylic acids is 2. The number of carbonyl (C=O) groups is 2. The number of hydrogen-bond donors (Lipinski definition) is 0. The number of aromatic nitrogens is 2. The monoisotopic (exact) mass is 439 g/mol. The van der Waals surface area contributed by atoms with Crippen LogP contribution in [-0.4, -0.2) is 77.6 Å². The van der Waals surface area contributed by atoms with Crippen molar-refractivity contribution in [2.24, 2.45) is 0 Å². The van der Waals surface area contributed by atoms with Crippen LogP contribution >= 0.6 is 0 Å². The molecular weight excluding hydrogens is 410 g/mol. The van der Waals surface area contributed by atoms with E-state index in [-0.39, 0.29) is 24.6 Å². The van der Waals surface area contributed by atoms with Gasteiger partial charge in [-0.15, -0.1) is 0 Å². The highest BCUT2D eigenvalue weighted by Gasteiger charge is 2.34. The van der Waals surface area contributed by atoms with Crippen LogP contribution in [-0.2, 0) is 4.79 Å². The standard InChI is InChI=1S/C23H29N5O4/c1-16-13-21(25-17(2)24-16)32-18-7-6-10-26(14-18)22(29)15-27-11-12-28(23(27)30)19-8-4-5-9-20(19)31-3/h4-5,8-9,13,18H,6-7,10-12,14-15H2,1-3H3/t18-/m1/s1. The molecule has 1 aromatic heterocycles. The van der Waals surface area contributed by atoms with Gasteiger partial charge in [-0.3, -0.25) is 9.69 Å². The Morgan fingerprint density at radius 1 is 1.16 bits per heavy atom. The van der Waals surface area contributed by atoms with Crippen molar-refractivity contribution in [3.05, 3.63) is 41.9 Å². The van der Waals surface area contributed by atoms with Crippen molar-refractivity contribution >= 4 is 17.6 Å². The minimum absolute atomic E-state index is 0.0585. The molecule has 170 valence electrons. The second-order valence-corrected chi connectivity index (χ2v) is 8.14. The number of amides is 3. The maximum Gasteiger partial charge on any atom is 0.325 e. The molecule has 0 radical (unpaired) electrons. The molecule has 0 saturated carbocycles. The Labute approximate surface area is 187 Å². The Morgan fingerprint density at radius 3 is 2.75 bits per heavy atom. The number of hydrogen-bond acceptors (Lipinski definition) is 6. The zero-order chi connectivity index (χ0) is 22.7. The van der Waals surface area contributed by atoms with E-state index in [0.29, 0.717) is 43.6 Å². The largest absolute Gasteiger partial charge is 0.495 e. The second kappa shape index (κ2) is 9.42. The van der Waals surface area contributed by atoms with Crippen molar-refractivity contribution in [2.45, 2.75) is 32.8 Å². The van der Waals surface area contributed by atoms with Crippen LogP contribution in [0.1, 0.15) is 24.4 Å². The Hall–Kier alpha value is -3.36. The number of ether oxygens (including phenoxy) is 2. The van der Waals surface area contributed by atoms with E-state index in [2.05, 4.69) is 9.97 Å². The minimum atomic E-state index is -0.181. The summed E-state index contributed by atoms with van der Waals surface area (Å²) in [5.41, 5.74) is 1.57. The first kappa shape index (κ1) is 21.9. The van der Waals surface area contributed by atoms with Gasteiger partial charge in [0.1, 0.15) is 24.2 Å². The third-order valence-corrected chi connectivity index (χ3v) is 5.76. The highest BCUT2D eigenvalue weighted by Crippen LogP contribution is 2.30. The fraction of sp³-hybridized carbons (Fsp3) is 0.478. The molecule has 2 aliphatic heterocycles. The molecule has 1 atom stereocenters. The van der Waals surface area contributed by atoms with Gasteiger partial charge >= 0.3 is 6.03 Å². The molecule has 2 saturated heterocycles. The maximum atomic E-state index is 13.0. The van der Waals surface area contributed by atoms with Crippen LogP contribution < -0.4 is 14.4 Å². The average molecular weight is 440 g/mol. The van der Waals surface area contributed by atoms with Crippen molar-refractivity contribution in [2.75, 3.05) is 44.7 Å². The van der Waals surface area contributed by atoms with Crippen LogP contribution in [0.5, 0.6) is 11.6 Å². The molecule has 32 heavy (non-hydrogen) atoms. The molecule has 9 nitrogen and oxygen atoms in total.